The summed E-state index contributed by atoms with van der Waals surface area (Å²) >= 11 is 1.46. The zero-order valence-corrected chi connectivity index (χ0v) is 38.4. The zero-order valence-electron chi connectivity index (χ0n) is 37.6. The molecular weight excluding hydrogens is 839 g/mol. The van der Waals surface area contributed by atoms with Crippen LogP contribution in [0.5, 0.6) is 0 Å². The number of likely N-dealkylation sites (N-methyl/N-ethyl adjacent to an activating group) is 1. The van der Waals surface area contributed by atoms with Crippen LogP contribution in [0.15, 0.2) is 53.4 Å². The first-order chi connectivity index (χ1) is 31.1. The third-order valence-corrected chi connectivity index (χ3v) is 9.70. The van der Waals surface area contributed by atoms with E-state index >= 15 is 0 Å². The summed E-state index contributed by atoms with van der Waals surface area (Å²) in [6.07, 6.45) is 3.37. The summed E-state index contributed by atoms with van der Waals surface area (Å²) < 4.78 is 63.5. The molecule has 0 aliphatic heterocycles. The molecule has 0 bridgehead atoms. The van der Waals surface area contributed by atoms with Crippen molar-refractivity contribution in [2.75, 3.05) is 186 Å². The van der Waals surface area contributed by atoms with Crippen molar-refractivity contribution < 1.29 is 66.5 Å². The van der Waals surface area contributed by atoms with Gasteiger partial charge in [-0.05, 0) is 67.7 Å². The van der Waals surface area contributed by atoms with Crippen LogP contribution in [0.2, 0.25) is 0 Å². The predicted molar refractivity (Wildman–Crippen MR) is 240 cm³/mol. The van der Waals surface area contributed by atoms with Crippen molar-refractivity contribution in [3.8, 4) is 0 Å². The summed E-state index contributed by atoms with van der Waals surface area (Å²) in [5.41, 5.74) is 2.36. The normalized spacial score (nSPS) is 11.4. The lowest BCUT2D eigenvalue weighted by Gasteiger charge is -2.24. The van der Waals surface area contributed by atoms with Gasteiger partial charge in [-0.2, -0.15) is 0 Å². The highest BCUT2D eigenvalue weighted by Crippen LogP contribution is 2.16. The molecule has 1 N–H and O–H groups in total. The highest BCUT2D eigenvalue weighted by atomic mass is 32.2. The van der Waals surface area contributed by atoms with E-state index in [4.69, 9.17) is 52.1 Å². The van der Waals surface area contributed by atoms with E-state index in [0.29, 0.717) is 176 Å². The monoisotopic (exact) mass is 911 g/mol. The van der Waals surface area contributed by atoms with E-state index < -0.39 is 0 Å². The highest BCUT2D eigenvalue weighted by molar-refractivity contribution is 7.97. The number of hydrogen-bond donors (Lipinski definition) is 1. The van der Waals surface area contributed by atoms with E-state index in [1.165, 1.54) is 11.9 Å². The van der Waals surface area contributed by atoms with Gasteiger partial charge in [-0.25, -0.2) is 0 Å². The Hall–Kier alpha value is -2.92. The van der Waals surface area contributed by atoms with E-state index in [0.717, 1.165) is 35.9 Å². The van der Waals surface area contributed by atoms with E-state index in [2.05, 4.69) is 9.62 Å². The summed E-state index contributed by atoms with van der Waals surface area (Å²) in [6, 6.07) is 14.9. The molecule has 0 spiro atoms. The van der Waals surface area contributed by atoms with E-state index in [1.54, 1.807) is 30.2 Å². The predicted octanol–water partition coefficient (Wildman–Crippen LogP) is 3.11. The second kappa shape index (κ2) is 41.8. The molecule has 0 aliphatic rings. The number of carbonyl (C=O) groups excluding carboxylic acids is 3. The summed E-state index contributed by atoms with van der Waals surface area (Å²) in [6.45, 7) is 13.1. The number of benzene rings is 2. The average Bonchev–Trinajstić information content (AvgIpc) is 3.30. The fraction of sp³-hybridized carbons (Fsp3) is 0.667. The Morgan fingerprint density at radius 1 is 0.587 bits per heavy atom. The largest absolute Gasteiger partial charge is 0.382 e. The fourth-order valence-electron chi connectivity index (χ4n) is 5.39. The molecule has 2 rings (SSSR count). The molecule has 1 amide bonds. The van der Waals surface area contributed by atoms with Crippen molar-refractivity contribution in [1.29, 1.82) is 0 Å². The number of ether oxygens (including phenoxy) is 11. The van der Waals surface area contributed by atoms with Crippen LogP contribution in [0, 0.1) is 0 Å². The lowest BCUT2D eigenvalue weighted by Crippen LogP contribution is -2.39. The third-order valence-electron chi connectivity index (χ3n) is 8.84. The first kappa shape index (κ1) is 56.2. The molecule has 0 heterocycles. The molecule has 18 heteroatoms. The van der Waals surface area contributed by atoms with Gasteiger partial charge in [0.25, 0.3) is 5.91 Å². The molecule has 0 unspecified atom stereocenters. The van der Waals surface area contributed by atoms with Crippen LogP contribution in [0.3, 0.4) is 0 Å². The van der Waals surface area contributed by atoms with Gasteiger partial charge in [-0.1, -0.05) is 18.2 Å². The number of carbonyl (C=O) groups is 3. The summed E-state index contributed by atoms with van der Waals surface area (Å²) in [5, 5.41) is 0. The van der Waals surface area contributed by atoms with Crippen LogP contribution in [-0.2, 0) is 63.3 Å². The lowest BCUT2D eigenvalue weighted by molar-refractivity contribution is -0.108. The van der Waals surface area contributed by atoms with Crippen molar-refractivity contribution >= 4 is 30.4 Å². The number of nitrogens with zero attached hydrogens (tertiary/aromatic N) is 2. The van der Waals surface area contributed by atoms with Gasteiger partial charge in [0.2, 0.25) is 0 Å². The van der Waals surface area contributed by atoms with Crippen LogP contribution in [0.4, 0.5) is 0 Å². The maximum Gasteiger partial charge on any atom is 0.254 e. The Morgan fingerprint density at radius 3 is 1.59 bits per heavy atom. The average molecular weight is 912 g/mol. The van der Waals surface area contributed by atoms with Gasteiger partial charge in [-0.15, -0.1) is 0 Å². The second-order valence-corrected chi connectivity index (χ2v) is 14.8. The van der Waals surface area contributed by atoms with Gasteiger partial charge in [0, 0.05) is 55.9 Å². The Morgan fingerprint density at radius 2 is 1.08 bits per heavy atom. The quantitative estimate of drug-likeness (QED) is 0.0583. The van der Waals surface area contributed by atoms with Gasteiger partial charge >= 0.3 is 0 Å². The van der Waals surface area contributed by atoms with Crippen molar-refractivity contribution in [3.05, 3.63) is 65.2 Å². The number of hydrogen-bond acceptors (Lipinski definition) is 17. The van der Waals surface area contributed by atoms with Gasteiger partial charge in [-0.3, -0.25) is 14.3 Å². The molecule has 0 saturated heterocycles. The second-order valence-electron chi connectivity index (χ2n) is 13.8. The fourth-order valence-corrected chi connectivity index (χ4v) is 6.02. The van der Waals surface area contributed by atoms with Crippen LogP contribution in [0.1, 0.15) is 32.7 Å². The molecule has 0 fully saturated rings. The summed E-state index contributed by atoms with van der Waals surface area (Å²) in [5.74, 6) is -0.190. The highest BCUT2D eigenvalue weighted by Gasteiger charge is 2.16. The van der Waals surface area contributed by atoms with E-state index in [1.807, 2.05) is 37.4 Å². The van der Waals surface area contributed by atoms with Crippen molar-refractivity contribution in [2.24, 2.45) is 0 Å². The Labute approximate surface area is 379 Å². The number of rotatable bonds is 46. The number of aldehydes is 2. The number of aryl methyl sites for hydroxylation is 1. The molecule has 63 heavy (non-hydrogen) atoms. The Bertz CT molecular complexity index is 1380. The van der Waals surface area contributed by atoms with Gasteiger partial charge in [0.05, 0.1) is 139 Å². The number of nitrogens with one attached hydrogen (secondary N) is 1. The molecule has 0 radical (unpaired) electrons. The zero-order chi connectivity index (χ0) is 45.1. The van der Waals surface area contributed by atoms with Crippen LogP contribution in [0.25, 0.3) is 0 Å². The minimum atomic E-state index is -0.190. The molecule has 0 atom stereocenters. The minimum Gasteiger partial charge on any atom is -0.382 e. The van der Waals surface area contributed by atoms with Crippen LogP contribution < -0.4 is 4.72 Å². The topological polar surface area (TPSA) is 171 Å². The smallest absolute Gasteiger partial charge is 0.254 e. The van der Waals surface area contributed by atoms with Crippen molar-refractivity contribution in [1.82, 2.24) is 14.5 Å². The van der Waals surface area contributed by atoms with Gasteiger partial charge in [0.15, 0.2) is 0 Å². The first-order valence-corrected chi connectivity index (χ1v) is 22.6. The van der Waals surface area contributed by atoms with Crippen LogP contribution in [-0.4, -0.2) is 214 Å². The molecule has 358 valence electrons. The van der Waals surface area contributed by atoms with E-state index in [-0.39, 0.29) is 12.5 Å². The molecule has 2 aromatic carbocycles. The minimum absolute atomic E-state index is 0.0223. The summed E-state index contributed by atoms with van der Waals surface area (Å²) in [7, 11) is 3.59. The maximum atomic E-state index is 13.2. The Balaban J connectivity index is 1.38. The van der Waals surface area contributed by atoms with Crippen molar-refractivity contribution in [2.45, 2.75) is 17.7 Å². The molecule has 0 saturated carbocycles. The molecule has 0 aliphatic carbocycles. The molecular formula is C45H73N3O14S. The van der Waals surface area contributed by atoms with Gasteiger partial charge < -0.3 is 66.7 Å². The maximum absolute atomic E-state index is 13.2. The first-order valence-electron chi connectivity index (χ1n) is 21.8. The standard InChI is InChI=1S/C45H73N3O14S/c1-47(16-20-55-25-28-59-33-34-61-37-38-62-36-35-60-30-29-56-22-21-52-2)13-14-48(15-17-49)45(51)43-8-10-44(11-9-43)63-46-12-19-54-24-27-58-32-31-57-26-23-53-18-4-7-41-5-3-6-42(39-41)40-50/h3,5-6,8-11,17,39-40,46H,4,7,12-16,18-38H2,1-2H3. The van der Waals surface area contributed by atoms with Crippen molar-refractivity contribution in [3.63, 3.8) is 0 Å². The Kier molecular flexibility index (Phi) is 37.3. The van der Waals surface area contributed by atoms with Gasteiger partial charge in [0.1, 0.15) is 12.6 Å². The SMILES string of the molecule is COCCOCCOCCOCCOCCOCCOCCN(C)CCN(CC=O)C(=O)c1ccc(SNCCOCCOCCOCCOCCCc2cccc(C=O)c2)cc1. The van der Waals surface area contributed by atoms with E-state index in [9.17, 15) is 14.4 Å². The number of amides is 1. The third kappa shape index (κ3) is 32.4. The van der Waals surface area contributed by atoms with Crippen LogP contribution >= 0.6 is 11.9 Å². The molecule has 0 aromatic heterocycles. The molecule has 2 aromatic rings. The molecule has 17 nitrogen and oxygen atoms in total. The summed E-state index contributed by atoms with van der Waals surface area (Å²) in [4.78, 5) is 40.0. The number of methoxy groups -OCH3 is 1. The lowest BCUT2D eigenvalue weighted by atomic mass is 10.1.